The summed E-state index contributed by atoms with van der Waals surface area (Å²) >= 11 is 0. The maximum atomic E-state index is 11.7. The van der Waals surface area contributed by atoms with Crippen molar-refractivity contribution in [1.82, 2.24) is 5.32 Å². The van der Waals surface area contributed by atoms with Crippen LogP contribution in [-0.2, 0) is 14.3 Å². The molecule has 5 heteroatoms. The highest BCUT2D eigenvalue weighted by Crippen LogP contribution is 2.08. The maximum absolute atomic E-state index is 11.7. The van der Waals surface area contributed by atoms with Crippen molar-refractivity contribution in [3.05, 3.63) is 53.6 Å². The number of esters is 1. The van der Waals surface area contributed by atoms with Crippen LogP contribution in [0, 0.1) is 0 Å². The van der Waals surface area contributed by atoms with E-state index in [0.717, 1.165) is 5.56 Å². The van der Waals surface area contributed by atoms with E-state index in [1.165, 1.54) is 6.08 Å². The van der Waals surface area contributed by atoms with Crippen LogP contribution in [0.3, 0.4) is 0 Å². The molecule has 5 nitrogen and oxygen atoms in total. The molecular formula is C19H25NO4. The zero-order chi connectivity index (χ0) is 18.0. The third-order valence-corrected chi connectivity index (χ3v) is 2.72. The number of carbonyl (C=O) groups excluding carboxylic acids is 2. The summed E-state index contributed by atoms with van der Waals surface area (Å²) < 4.78 is 10.1. The molecule has 0 fully saturated rings. The first kappa shape index (κ1) is 19.5. The first-order valence-electron chi connectivity index (χ1n) is 7.87. The highest BCUT2D eigenvalue weighted by atomic mass is 16.6. The first-order chi connectivity index (χ1) is 11.3. The fourth-order valence-electron chi connectivity index (χ4n) is 1.75. The summed E-state index contributed by atoms with van der Waals surface area (Å²) in [5.41, 5.74) is 1.03. The van der Waals surface area contributed by atoms with E-state index in [1.54, 1.807) is 33.8 Å². The Bertz CT molecular complexity index is 598. The normalized spacial score (nSPS) is 12.1. The van der Waals surface area contributed by atoms with Gasteiger partial charge in [0.25, 0.3) is 0 Å². The van der Waals surface area contributed by atoms with Crippen LogP contribution >= 0.6 is 0 Å². The second-order valence-corrected chi connectivity index (χ2v) is 6.07. The number of hydrogen-bond donors (Lipinski definition) is 1. The molecule has 0 aromatic heterocycles. The molecule has 0 spiro atoms. The summed E-state index contributed by atoms with van der Waals surface area (Å²) in [7, 11) is 0. The molecule has 1 aromatic carbocycles. The molecule has 0 heterocycles. The van der Waals surface area contributed by atoms with Crippen molar-refractivity contribution in [2.45, 2.75) is 33.3 Å². The predicted octanol–water partition coefficient (Wildman–Crippen LogP) is 3.71. The second-order valence-electron chi connectivity index (χ2n) is 6.07. The average Bonchev–Trinajstić information content (AvgIpc) is 2.49. The Morgan fingerprint density at radius 2 is 1.83 bits per heavy atom. The summed E-state index contributed by atoms with van der Waals surface area (Å²) in [4.78, 5) is 23.4. The van der Waals surface area contributed by atoms with Crippen LogP contribution in [0.2, 0.25) is 0 Å². The molecule has 0 unspecified atom stereocenters. The van der Waals surface area contributed by atoms with E-state index in [4.69, 9.17) is 9.47 Å². The predicted molar refractivity (Wildman–Crippen MR) is 94.4 cm³/mol. The van der Waals surface area contributed by atoms with Gasteiger partial charge in [0.15, 0.2) is 0 Å². The summed E-state index contributed by atoms with van der Waals surface area (Å²) in [6.45, 7) is 7.57. The molecule has 0 bridgehead atoms. The van der Waals surface area contributed by atoms with E-state index < -0.39 is 17.7 Å². The lowest BCUT2D eigenvalue weighted by atomic mass is 10.1. The van der Waals surface area contributed by atoms with Gasteiger partial charge in [-0.1, -0.05) is 42.5 Å². The van der Waals surface area contributed by atoms with Gasteiger partial charge in [-0.25, -0.2) is 9.59 Å². The topological polar surface area (TPSA) is 64.6 Å². The summed E-state index contributed by atoms with van der Waals surface area (Å²) in [6.07, 6.45) is 4.46. The molecule has 0 saturated carbocycles. The number of carbonyl (C=O) groups is 2. The lowest BCUT2D eigenvalue weighted by molar-refractivity contribution is -0.137. The minimum atomic E-state index is -0.574. The van der Waals surface area contributed by atoms with Crippen molar-refractivity contribution in [2.24, 2.45) is 0 Å². The van der Waals surface area contributed by atoms with Gasteiger partial charge in [-0.3, -0.25) is 0 Å². The molecule has 1 N–H and O–H groups in total. The van der Waals surface area contributed by atoms with Crippen molar-refractivity contribution in [3.63, 3.8) is 0 Å². The fourth-order valence-corrected chi connectivity index (χ4v) is 1.75. The largest absolute Gasteiger partial charge is 0.463 e. The number of hydrogen-bond acceptors (Lipinski definition) is 4. The molecule has 130 valence electrons. The van der Waals surface area contributed by atoms with Crippen molar-refractivity contribution in [2.75, 3.05) is 13.2 Å². The Morgan fingerprint density at radius 1 is 1.17 bits per heavy atom. The molecule has 0 saturated heterocycles. The molecule has 1 amide bonds. The monoisotopic (exact) mass is 331 g/mol. The Hall–Kier alpha value is -2.56. The third kappa shape index (κ3) is 8.78. The van der Waals surface area contributed by atoms with E-state index in [1.807, 2.05) is 36.4 Å². The van der Waals surface area contributed by atoms with Gasteiger partial charge in [0, 0.05) is 12.6 Å². The van der Waals surface area contributed by atoms with Gasteiger partial charge < -0.3 is 14.8 Å². The van der Waals surface area contributed by atoms with Gasteiger partial charge in [0.1, 0.15) is 5.60 Å². The fraction of sp³-hybridized carbons (Fsp3) is 0.368. The maximum Gasteiger partial charge on any atom is 0.407 e. The molecule has 0 radical (unpaired) electrons. The van der Waals surface area contributed by atoms with E-state index in [0.29, 0.717) is 12.2 Å². The highest BCUT2D eigenvalue weighted by Gasteiger charge is 2.15. The number of ether oxygens (including phenoxy) is 2. The van der Waals surface area contributed by atoms with Crippen LogP contribution in [0.25, 0.3) is 6.08 Å². The lowest BCUT2D eigenvalue weighted by Crippen LogP contribution is -2.33. The van der Waals surface area contributed by atoms with Gasteiger partial charge in [-0.15, -0.1) is 0 Å². The second kappa shape index (κ2) is 9.55. The van der Waals surface area contributed by atoms with Crippen LogP contribution in [-0.4, -0.2) is 30.8 Å². The quantitative estimate of drug-likeness (QED) is 0.490. The van der Waals surface area contributed by atoms with Gasteiger partial charge in [-0.05, 0) is 38.8 Å². The standard InChI is InChI=1S/C19H25NO4/c1-5-23-17(21)13-16(12-11-15-9-7-6-8-10-15)14-20-18(22)24-19(2,3)4/h6-13H,5,14H2,1-4H3,(H,20,22)/b12-11+,16-13-. The number of benzene rings is 1. The lowest BCUT2D eigenvalue weighted by Gasteiger charge is -2.19. The van der Waals surface area contributed by atoms with Crippen molar-refractivity contribution in [1.29, 1.82) is 0 Å². The van der Waals surface area contributed by atoms with E-state index in [-0.39, 0.29) is 6.54 Å². The Kier molecular flexibility index (Phi) is 7.75. The van der Waals surface area contributed by atoms with Gasteiger partial charge in [-0.2, -0.15) is 0 Å². The minimum absolute atomic E-state index is 0.164. The van der Waals surface area contributed by atoms with Crippen molar-refractivity contribution < 1.29 is 19.1 Å². The minimum Gasteiger partial charge on any atom is -0.463 e. The zero-order valence-electron chi connectivity index (χ0n) is 14.7. The van der Waals surface area contributed by atoms with Gasteiger partial charge >= 0.3 is 12.1 Å². The van der Waals surface area contributed by atoms with Crippen molar-refractivity contribution in [3.8, 4) is 0 Å². The van der Waals surface area contributed by atoms with E-state index in [9.17, 15) is 9.59 Å². The van der Waals surface area contributed by atoms with E-state index in [2.05, 4.69) is 5.32 Å². The van der Waals surface area contributed by atoms with Crippen LogP contribution in [0.4, 0.5) is 4.79 Å². The van der Waals surface area contributed by atoms with Crippen LogP contribution in [0.15, 0.2) is 48.1 Å². The van der Waals surface area contributed by atoms with Crippen LogP contribution < -0.4 is 5.32 Å². The van der Waals surface area contributed by atoms with E-state index >= 15 is 0 Å². The molecular weight excluding hydrogens is 306 g/mol. The number of rotatable bonds is 6. The Morgan fingerprint density at radius 3 is 2.42 bits per heavy atom. The van der Waals surface area contributed by atoms with Crippen LogP contribution in [0.5, 0.6) is 0 Å². The van der Waals surface area contributed by atoms with Gasteiger partial charge in [0.05, 0.1) is 6.61 Å². The molecule has 1 aromatic rings. The molecule has 0 aliphatic rings. The Labute approximate surface area is 143 Å². The van der Waals surface area contributed by atoms with Gasteiger partial charge in [0.2, 0.25) is 0 Å². The third-order valence-electron chi connectivity index (χ3n) is 2.72. The highest BCUT2D eigenvalue weighted by molar-refractivity contribution is 5.84. The zero-order valence-corrected chi connectivity index (χ0v) is 14.7. The Balaban J connectivity index is 2.77. The smallest absolute Gasteiger partial charge is 0.407 e. The molecule has 24 heavy (non-hydrogen) atoms. The number of nitrogens with one attached hydrogen (secondary N) is 1. The summed E-state index contributed by atoms with van der Waals surface area (Å²) in [5.74, 6) is -0.448. The summed E-state index contributed by atoms with van der Waals surface area (Å²) in [5, 5.41) is 2.63. The molecule has 0 aliphatic carbocycles. The summed E-state index contributed by atoms with van der Waals surface area (Å²) in [6, 6.07) is 9.66. The number of alkyl carbamates (subject to hydrolysis) is 1. The van der Waals surface area contributed by atoms with Crippen LogP contribution in [0.1, 0.15) is 33.3 Å². The SMILES string of the molecule is CCOC(=O)/C=C(/C=C/c1ccccc1)CNC(=O)OC(C)(C)C. The number of amides is 1. The molecule has 0 atom stereocenters. The molecule has 0 aliphatic heterocycles. The first-order valence-corrected chi connectivity index (χ1v) is 7.87. The van der Waals surface area contributed by atoms with Crippen molar-refractivity contribution >= 4 is 18.1 Å². The molecule has 1 rings (SSSR count). The average molecular weight is 331 g/mol.